The molecule has 0 radical (unpaired) electrons. The number of nitrogens with zero attached hydrogens (tertiary/aromatic N) is 3. The highest BCUT2D eigenvalue weighted by Crippen LogP contribution is 2.55. The highest BCUT2D eigenvalue weighted by molar-refractivity contribution is 6.29. The van der Waals surface area contributed by atoms with Crippen molar-refractivity contribution in [1.29, 1.82) is 0 Å². The fourth-order valence-corrected chi connectivity index (χ4v) is 3.28. The first-order chi connectivity index (χ1) is 11.3. The Morgan fingerprint density at radius 1 is 1.17 bits per heavy atom. The Hall–Kier alpha value is -2.15. The van der Waals surface area contributed by atoms with Crippen LogP contribution >= 0.6 is 11.6 Å². The molecule has 3 nitrogen and oxygen atoms in total. The Labute approximate surface area is 138 Å². The predicted octanol–water partition coefficient (Wildman–Crippen LogP) is 4.81. The number of benzene rings is 1. The number of rotatable bonds is 2. The fraction of sp³-hybridized carbons (Fsp3) is 0.250. The highest BCUT2D eigenvalue weighted by Gasteiger charge is 2.42. The molecular formula is C16H10ClF4N3. The Kier molecular flexibility index (Phi) is 3.32. The van der Waals surface area contributed by atoms with Crippen LogP contribution < -0.4 is 0 Å². The van der Waals surface area contributed by atoms with Crippen LogP contribution in [0.3, 0.4) is 0 Å². The summed E-state index contributed by atoms with van der Waals surface area (Å²) in [5.41, 5.74) is 0.818. The van der Waals surface area contributed by atoms with E-state index in [1.165, 1.54) is 6.07 Å². The first-order valence-electron chi connectivity index (χ1n) is 7.21. The van der Waals surface area contributed by atoms with Crippen LogP contribution in [-0.2, 0) is 6.18 Å². The van der Waals surface area contributed by atoms with Gasteiger partial charge in [0.25, 0.3) is 0 Å². The summed E-state index contributed by atoms with van der Waals surface area (Å²) in [6.45, 7) is 0. The molecular weight excluding hydrogens is 346 g/mol. The molecule has 0 aliphatic heterocycles. The Morgan fingerprint density at radius 2 is 1.96 bits per heavy atom. The van der Waals surface area contributed by atoms with E-state index in [0.29, 0.717) is 22.8 Å². The molecule has 1 saturated carbocycles. The molecule has 2 atom stereocenters. The normalized spacial score (nSPS) is 20.5. The van der Waals surface area contributed by atoms with Crippen LogP contribution in [0.1, 0.15) is 34.9 Å². The largest absolute Gasteiger partial charge is 0.419 e. The molecule has 0 bridgehead atoms. The Balaban J connectivity index is 1.67. The molecule has 124 valence electrons. The summed E-state index contributed by atoms with van der Waals surface area (Å²) in [6.07, 6.45) is -0.725. The van der Waals surface area contributed by atoms with Gasteiger partial charge in [-0.25, -0.2) is 13.9 Å². The molecule has 24 heavy (non-hydrogen) atoms. The van der Waals surface area contributed by atoms with Crippen molar-refractivity contribution in [1.82, 2.24) is 14.6 Å². The van der Waals surface area contributed by atoms with Crippen molar-refractivity contribution in [3.05, 3.63) is 64.3 Å². The minimum absolute atomic E-state index is 0.0338. The van der Waals surface area contributed by atoms with Gasteiger partial charge in [0.15, 0.2) is 5.65 Å². The minimum atomic E-state index is -4.69. The van der Waals surface area contributed by atoms with Crippen molar-refractivity contribution in [3.63, 3.8) is 0 Å². The van der Waals surface area contributed by atoms with Gasteiger partial charge in [-0.1, -0.05) is 17.7 Å². The third-order valence-corrected chi connectivity index (χ3v) is 4.46. The molecule has 0 spiro atoms. The van der Waals surface area contributed by atoms with Gasteiger partial charge in [-0.3, -0.25) is 0 Å². The van der Waals surface area contributed by atoms with Crippen LogP contribution in [-0.4, -0.2) is 14.6 Å². The summed E-state index contributed by atoms with van der Waals surface area (Å²) in [7, 11) is 0. The van der Waals surface area contributed by atoms with Crippen molar-refractivity contribution in [2.45, 2.75) is 24.4 Å². The minimum Gasteiger partial charge on any atom is -0.235 e. The van der Waals surface area contributed by atoms with Crippen molar-refractivity contribution in [3.8, 4) is 0 Å². The second-order valence-corrected chi connectivity index (χ2v) is 6.19. The van der Waals surface area contributed by atoms with Gasteiger partial charge in [-0.05, 0) is 42.0 Å². The van der Waals surface area contributed by atoms with Gasteiger partial charge in [-0.15, -0.1) is 0 Å². The molecule has 0 saturated heterocycles. The van der Waals surface area contributed by atoms with E-state index in [1.807, 2.05) is 0 Å². The molecule has 0 N–H and O–H groups in total. The topological polar surface area (TPSA) is 30.2 Å². The molecule has 2 aromatic heterocycles. The molecule has 1 aliphatic carbocycles. The van der Waals surface area contributed by atoms with Crippen LogP contribution in [0.25, 0.3) is 5.65 Å². The van der Waals surface area contributed by atoms with Crippen molar-refractivity contribution in [2.75, 3.05) is 0 Å². The van der Waals surface area contributed by atoms with E-state index in [4.69, 9.17) is 11.6 Å². The monoisotopic (exact) mass is 355 g/mol. The smallest absolute Gasteiger partial charge is 0.235 e. The number of fused-ring (bicyclic) bond motifs is 1. The summed E-state index contributed by atoms with van der Waals surface area (Å²) in [5, 5.41) is 4.40. The molecule has 4 rings (SSSR count). The maximum Gasteiger partial charge on any atom is 0.419 e. The molecule has 1 aromatic carbocycles. The molecule has 1 aliphatic rings. The number of aromatic nitrogens is 3. The summed E-state index contributed by atoms with van der Waals surface area (Å²) < 4.78 is 53.3. The zero-order valence-electron chi connectivity index (χ0n) is 12.1. The van der Waals surface area contributed by atoms with Gasteiger partial charge in [0, 0.05) is 18.0 Å². The second-order valence-electron chi connectivity index (χ2n) is 5.80. The fourth-order valence-electron chi connectivity index (χ4n) is 3.08. The van der Waals surface area contributed by atoms with Crippen molar-refractivity contribution in [2.24, 2.45) is 0 Å². The third-order valence-electron chi connectivity index (χ3n) is 4.27. The van der Waals surface area contributed by atoms with E-state index >= 15 is 0 Å². The average Bonchev–Trinajstić information content (AvgIpc) is 3.15. The van der Waals surface area contributed by atoms with E-state index in [2.05, 4.69) is 10.1 Å². The summed E-state index contributed by atoms with van der Waals surface area (Å²) >= 11 is 6.00. The summed E-state index contributed by atoms with van der Waals surface area (Å²) in [5.74, 6) is -1.27. The maximum absolute atomic E-state index is 13.8. The van der Waals surface area contributed by atoms with Crippen molar-refractivity contribution < 1.29 is 17.6 Å². The quantitative estimate of drug-likeness (QED) is 0.617. The van der Waals surface area contributed by atoms with Crippen LogP contribution in [0.2, 0.25) is 5.15 Å². The van der Waals surface area contributed by atoms with Gasteiger partial charge < -0.3 is 0 Å². The van der Waals surface area contributed by atoms with E-state index < -0.39 is 17.6 Å². The number of halogens is 5. The first kappa shape index (κ1) is 15.4. The number of alkyl halides is 3. The SMILES string of the molecule is Fc1cc([C@H]2C[C@@H]2c2cc(Cl)nn3ccnc23)ccc1C(F)(F)F. The van der Waals surface area contributed by atoms with Crippen molar-refractivity contribution >= 4 is 17.2 Å². The molecule has 8 heteroatoms. The zero-order chi connectivity index (χ0) is 17.1. The first-order valence-corrected chi connectivity index (χ1v) is 7.59. The standard InChI is InChI=1S/C16H10ClF4N3/c17-14-7-11(15-22-3-4-24(15)23-14)10-6-9(10)8-1-2-12(13(18)5-8)16(19,20)21/h1-5,7,9-10H,6H2/t9-,10+/m1/s1. The molecule has 1 fully saturated rings. The molecule has 3 aromatic rings. The van der Waals surface area contributed by atoms with E-state index in [0.717, 1.165) is 17.7 Å². The van der Waals surface area contributed by atoms with E-state index in [-0.39, 0.29) is 11.8 Å². The summed E-state index contributed by atoms with van der Waals surface area (Å²) in [6, 6.07) is 4.81. The molecule has 2 heterocycles. The van der Waals surface area contributed by atoms with Crippen LogP contribution in [0.15, 0.2) is 36.7 Å². The van der Waals surface area contributed by atoms with Gasteiger partial charge in [0.2, 0.25) is 0 Å². The van der Waals surface area contributed by atoms with Gasteiger partial charge >= 0.3 is 6.18 Å². The van der Waals surface area contributed by atoms with Crippen LogP contribution in [0, 0.1) is 5.82 Å². The van der Waals surface area contributed by atoms with E-state index in [1.54, 1.807) is 23.0 Å². The van der Waals surface area contributed by atoms with Gasteiger partial charge in [0.1, 0.15) is 11.0 Å². The number of imidazole rings is 1. The number of hydrogen-bond donors (Lipinski definition) is 0. The highest BCUT2D eigenvalue weighted by atomic mass is 35.5. The lowest BCUT2D eigenvalue weighted by Gasteiger charge is -2.09. The Morgan fingerprint density at radius 3 is 2.67 bits per heavy atom. The van der Waals surface area contributed by atoms with Crippen LogP contribution in [0.5, 0.6) is 0 Å². The van der Waals surface area contributed by atoms with Crippen LogP contribution in [0.4, 0.5) is 17.6 Å². The summed E-state index contributed by atoms with van der Waals surface area (Å²) in [4.78, 5) is 4.23. The lowest BCUT2D eigenvalue weighted by molar-refractivity contribution is -0.140. The predicted molar refractivity (Wildman–Crippen MR) is 79.5 cm³/mol. The molecule has 0 unspecified atom stereocenters. The average molecular weight is 356 g/mol. The zero-order valence-corrected chi connectivity index (χ0v) is 12.8. The molecule has 0 amide bonds. The third kappa shape index (κ3) is 2.53. The lowest BCUT2D eigenvalue weighted by Crippen LogP contribution is -2.08. The Bertz CT molecular complexity index is 935. The maximum atomic E-state index is 13.8. The van der Waals surface area contributed by atoms with Gasteiger partial charge in [-0.2, -0.15) is 18.3 Å². The lowest BCUT2D eigenvalue weighted by atomic mass is 10.0. The second kappa shape index (κ2) is 5.17. The number of hydrogen-bond acceptors (Lipinski definition) is 2. The van der Waals surface area contributed by atoms with Gasteiger partial charge in [0.05, 0.1) is 5.56 Å². The van der Waals surface area contributed by atoms with E-state index in [9.17, 15) is 17.6 Å².